The van der Waals surface area contributed by atoms with E-state index in [-0.39, 0.29) is 0 Å². The standard InChI is InChI=1S/C13H14ClN/c1-8(2)11-7-12(14)13-10(9(11)3)5-4-6-15-13/h4-8H,1-3H3. The van der Waals surface area contributed by atoms with E-state index in [0.29, 0.717) is 5.92 Å². The molecule has 0 bridgehead atoms. The van der Waals surface area contributed by atoms with Crippen molar-refractivity contribution in [1.82, 2.24) is 4.98 Å². The van der Waals surface area contributed by atoms with Gasteiger partial charge in [-0.2, -0.15) is 0 Å². The Morgan fingerprint density at radius 2 is 2.07 bits per heavy atom. The van der Waals surface area contributed by atoms with E-state index in [1.54, 1.807) is 6.20 Å². The fourth-order valence-electron chi connectivity index (χ4n) is 1.97. The minimum atomic E-state index is 0.493. The van der Waals surface area contributed by atoms with Crippen molar-refractivity contribution in [3.05, 3.63) is 40.5 Å². The summed E-state index contributed by atoms with van der Waals surface area (Å²) in [4.78, 5) is 4.31. The molecule has 0 saturated heterocycles. The molecule has 2 rings (SSSR count). The highest BCUT2D eigenvalue weighted by molar-refractivity contribution is 6.35. The molecule has 1 heterocycles. The summed E-state index contributed by atoms with van der Waals surface area (Å²) in [6, 6.07) is 6.07. The number of hydrogen-bond acceptors (Lipinski definition) is 1. The summed E-state index contributed by atoms with van der Waals surface area (Å²) >= 11 is 6.22. The molecule has 0 radical (unpaired) electrons. The van der Waals surface area contributed by atoms with E-state index in [1.165, 1.54) is 11.1 Å². The zero-order valence-corrected chi connectivity index (χ0v) is 9.97. The molecule has 0 saturated carbocycles. The SMILES string of the molecule is Cc1c(C(C)C)cc(Cl)c2ncccc12. The van der Waals surface area contributed by atoms with Crippen molar-refractivity contribution in [1.29, 1.82) is 0 Å². The highest BCUT2D eigenvalue weighted by Gasteiger charge is 2.10. The van der Waals surface area contributed by atoms with Crippen LogP contribution in [-0.2, 0) is 0 Å². The second-order valence-electron chi connectivity index (χ2n) is 4.13. The molecule has 1 aromatic heterocycles. The number of fused-ring (bicyclic) bond motifs is 1. The lowest BCUT2D eigenvalue weighted by Gasteiger charge is -2.13. The van der Waals surface area contributed by atoms with Crippen LogP contribution in [0.1, 0.15) is 30.9 Å². The third-order valence-corrected chi connectivity index (χ3v) is 3.06. The molecule has 0 aliphatic rings. The van der Waals surface area contributed by atoms with E-state index in [4.69, 9.17) is 11.6 Å². The van der Waals surface area contributed by atoms with Gasteiger partial charge in [0.15, 0.2) is 0 Å². The van der Waals surface area contributed by atoms with Gasteiger partial charge in [0.1, 0.15) is 0 Å². The molecule has 2 aromatic rings. The predicted molar refractivity (Wildman–Crippen MR) is 65.6 cm³/mol. The summed E-state index contributed by atoms with van der Waals surface area (Å²) in [6.07, 6.45) is 1.78. The number of halogens is 1. The van der Waals surface area contributed by atoms with Crippen molar-refractivity contribution in [2.75, 3.05) is 0 Å². The molecule has 0 atom stereocenters. The Bertz CT molecular complexity index is 503. The van der Waals surface area contributed by atoms with E-state index >= 15 is 0 Å². The average Bonchev–Trinajstić information content (AvgIpc) is 2.23. The molecule has 0 fully saturated rings. The lowest BCUT2D eigenvalue weighted by Crippen LogP contribution is -1.94. The number of aryl methyl sites for hydroxylation is 1. The van der Waals surface area contributed by atoms with Crippen LogP contribution in [0.5, 0.6) is 0 Å². The second-order valence-corrected chi connectivity index (χ2v) is 4.53. The third-order valence-electron chi connectivity index (χ3n) is 2.78. The van der Waals surface area contributed by atoms with E-state index in [0.717, 1.165) is 15.9 Å². The Balaban J connectivity index is 2.84. The molecule has 15 heavy (non-hydrogen) atoms. The van der Waals surface area contributed by atoms with Crippen LogP contribution < -0.4 is 0 Å². The Kier molecular flexibility index (Phi) is 2.66. The number of benzene rings is 1. The Hall–Kier alpha value is -1.08. The van der Waals surface area contributed by atoms with Crippen molar-refractivity contribution >= 4 is 22.5 Å². The van der Waals surface area contributed by atoms with Crippen LogP contribution in [0.15, 0.2) is 24.4 Å². The maximum Gasteiger partial charge on any atom is 0.0890 e. The molecule has 0 aliphatic heterocycles. The molecule has 1 nitrogen and oxygen atoms in total. The molecule has 0 spiro atoms. The highest BCUT2D eigenvalue weighted by Crippen LogP contribution is 2.31. The van der Waals surface area contributed by atoms with Crippen LogP contribution in [0.4, 0.5) is 0 Å². The van der Waals surface area contributed by atoms with Gasteiger partial charge in [-0.3, -0.25) is 4.98 Å². The Morgan fingerprint density at radius 3 is 2.73 bits per heavy atom. The number of rotatable bonds is 1. The first-order valence-corrected chi connectivity index (χ1v) is 5.52. The fourth-order valence-corrected chi connectivity index (χ4v) is 2.23. The molecule has 1 aromatic carbocycles. The Labute approximate surface area is 95.1 Å². The summed E-state index contributed by atoms with van der Waals surface area (Å²) < 4.78 is 0. The largest absolute Gasteiger partial charge is 0.255 e. The zero-order valence-electron chi connectivity index (χ0n) is 9.21. The van der Waals surface area contributed by atoms with Gasteiger partial charge in [-0.1, -0.05) is 31.5 Å². The molecule has 0 N–H and O–H groups in total. The Morgan fingerprint density at radius 1 is 1.33 bits per heavy atom. The van der Waals surface area contributed by atoms with Crippen LogP contribution in [0.3, 0.4) is 0 Å². The van der Waals surface area contributed by atoms with E-state index < -0.39 is 0 Å². The van der Waals surface area contributed by atoms with Gasteiger partial charge in [0, 0.05) is 11.6 Å². The van der Waals surface area contributed by atoms with E-state index in [1.807, 2.05) is 12.1 Å². The lowest BCUT2D eigenvalue weighted by atomic mass is 9.95. The third kappa shape index (κ3) is 1.72. The van der Waals surface area contributed by atoms with Gasteiger partial charge >= 0.3 is 0 Å². The van der Waals surface area contributed by atoms with Crippen molar-refractivity contribution in [2.24, 2.45) is 0 Å². The number of hydrogen-bond donors (Lipinski definition) is 0. The quantitative estimate of drug-likeness (QED) is 0.696. The van der Waals surface area contributed by atoms with Crippen LogP contribution in [0.25, 0.3) is 10.9 Å². The monoisotopic (exact) mass is 219 g/mol. The minimum Gasteiger partial charge on any atom is -0.255 e. The average molecular weight is 220 g/mol. The first-order chi connectivity index (χ1) is 7.11. The maximum atomic E-state index is 6.22. The molecule has 2 heteroatoms. The predicted octanol–water partition coefficient (Wildman–Crippen LogP) is 4.32. The summed E-state index contributed by atoms with van der Waals surface area (Å²) in [7, 11) is 0. The van der Waals surface area contributed by atoms with Crippen LogP contribution in [-0.4, -0.2) is 4.98 Å². The van der Waals surface area contributed by atoms with Gasteiger partial charge in [-0.25, -0.2) is 0 Å². The minimum absolute atomic E-state index is 0.493. The second kappa shape index (κ2) is 3.82. The van der Waals surface area contributed by atoms with Crippen LogP contribution >= 0.6 is 11.6 Å². The van der Waals surface area contributed by atoms with E-state index in [9.17, 15) is 0 Å². The van der Waals surface area contributed by atoms with Gasteiger partial charge in [0.2, 0.25) is 0 Å². The van der Waals surface area contributed by atoms with Crippen LogP contribution in [0.2, 0.25) is 5.02 Å². The van der Waals surface area contributed by atoms with Gasteiger partial charge in [-0.15, -0.1) is 0 Å². The highest BCUT2D eigenvalue weighted by atomic mass is 35.5. The maximum absolute atomic E-state index is 6.22. The molecule has 0 aliphatic carbocycles. The van der Waals surface area contributed by atoms with Gasteiger partial charge < -0.3 is 0 Å². The lowest BCUT2D eigenvalue weighted by molar-refractivity contribution is 0.859. The zero-order chi connectivity index (χ0) is 11.0. The molecule has 0 amide bonds. The van der Waals surface area contributed by atoms with Crippen molar-refractivity contribution in [2.45, 2.75) is 26.7 Å². The van der Waals surface area contributed by atoms with Crippen molar-refractivity contribution < 1.29 is 0 Å². The number of aromatic nitrogens is 1. The molecule has 0 unspecified atom stereocenters. The fraction of sp³-hybridized carbons (Fsp3) is 0.308. The first-order valence-electron chi connectivity index (χ1n) is 5.15. The summed E-state index contributed by atoms with van der Waals surface area (Å²) in [5, 5.41) is 1.91. The van der Waals surface area contributed by atoms with Gasteiger partial charge in [0.05, 0.1) is 10.5 Å². The molecular weight excluding hydrogens is 206 g/mol. The van der Waals surface area contributed by atoms with Crippen molar-refractivity contribution in [3.63, 3.8) is 0 Å². The smallest absolute Gasteiger partial charge is 0.0890 e. The van der Waals surface area contributed by atoms with Crippen LogP contribution in [0, 0.1) is 6.92 Å². The molecule has 78 valence electrons. The topological polar surface area (TPSA) is 12.9 Å². The van der Waals surface area contributed by atoms with Gasteiger partial charge in [-0.05, 0) is 36.1 Å². The normalized spacial score (nSPS) is 11.3. The number of nitrogens with zero attached hydrogens (tertiary/aromatic N) is 1. The summed E-state index contributed by atoms with van der Waals surface area (Å²) in [5.41, 5.74) is 3.50. The van der Waals surface area contributed by atoms with E-state index in [2.05, 4.69) is 31.8 Å². The van der Waals surface area contributed by atoms with Gasteiger partial charge in [0.25, 0.3) is 0 Å². The number of pyridine rings is 1. The summed E-state index contributed by atoms with van der Waals surface area (Å²) in [5.74, 6) is 0.493. The molecular formula is C13H14ClN. The van der Waals surface area contributed by atoms with Crippen molar-refractivity contribution in [3.8, 4) is 0 Å². The summed E-state index contributed by atoms with van der Waals surface area (Å²) in [6.45, 7) is 6.50. The first kappa shape index (κ1) is 10.4.